The van der Waals surface area contributed by atoms with Gasteiger partial charge in [-0.3, -0.25) is 0 Å². The van der Waals surface area contributed by atoms with Crippen molar-refractivity contribution in [3.8, 4) is 0 Å². The van der Waals surface area contributed by atoms with Crippen LogP contribution in [0.2, 0.25) is 0 Å². The molecule has 0 saturated heterocycles. The van der Waals surface area contributed by atoms with Crippen LogP contribution in [0.3, 0.4) is 0 Å². The molecule has 3 rings (SSSR count). The summed E-state index contributed by atoms with van der Waals surface area (Å²) >= 11 is 7.17. The molecule has 2 heterocycles. The minimum atomic E-state index is 0.868. The highest BCUT2D eigenvalue weighted by molar-refractivity contribution is 9.11. The molecule has 19 heavy (non-hydrogen) atoms. The van der Waals surface area contributed by atoms with Crippen LogP contribution < -0.4 is 4.90 Å². The Hall–Kier alpha value is -1.33. The van der Waals surface area contributed by atoms with Crippen molar-refractivity contribution < 1.29 is 0 Å². The van der Waals surface area contributed by atoms with Crippen molar-refractivity contribution in [3.63, 3.8) is 0 Å². The van der Waals surface area contributed by atoms with E-state index in [2.05, 4.69) is 58.9 Å². The largest absolute Gasteiger partial charge is 0.345 e. The highest BCUT2D eigenvalue weighted by Gasteiger charge is 2.16. The second-order valence-corrected chi connectivity index (χ2v) is 5.92. The van der Waals surface area contributed by atoms with E-state index in [9.17, 15) is 0 Å². The Kier molecular flexibility index (Phi) is 3.33. The molecule has 2 aromatic heterocycles. The second kappa shape index (κ2) is 4.98. The van der Waals surface area contributed by atoms with Gasteiger partial charge in [0.05, 0.1) is 15.5 Å². The van der Waals surface area contributed by atoms with Gasteiger partial charge in [-0.1, -0.05) is 18.2 Å². The van der Waals surface area contributed by atoms with E-state index in [4.69, 9.17) is 0 Å². The monoisotopic (exact) mass is 379 g/mol. The summed E-state index contributed by atoms with van der Waals surface area (Å²) in [4.78, 5) is 9.68. The Morgan fingerprint density at radius 2 is 1.84 bits per heavy atom. The van der Waals surface area contributed by atoms with Crippen molar-refractivity contribution in [2.75, 3.05) is 11.9 Å². The van der Waals surface area contributed by atoms with Crippen molar-refractivity contribution in [1.29, 1.82) is 0 Å². The molecule has 1 aromatic carbocycles. The number of pyridine rings is 1. The van der Waals surface area contributed by atoms with Crippen LogP contribution in [0.1, 0.15) is 0 Å². The van der Waals surface area contributed by atoms with E-state index in [1.54, 1.807) is 0 Å². The molecule has 0 atom stereocenters. The number of rotatable bonds is 2. The first-order chi connectivity index (χ1) is 9.18. The van der Waals surface area contributed by atoms with Gasteiger partial charge in [-0.25, -0.2) is 4.98 Å². The molecule has 3 aromatic rings. The third-order valence-electron chi connectivity index (χ3n) is 3.06. The van der Waals surface area contributed by atoms with Gasteiger partial charge in [0.25, 0.3) is 0 Å². The smallest absolute Gasteiger partial charge is 0.140 e. The Bertz CT molecular complexity index is 722. The predicted octanol–water partition coefficient (Wildman–Crippen LogP) is 4.86. The fourth-order valence-electron chi connectivity index (χ4n) is 2.13. The van der Waals surface area contributed by atoms with Crippen molar-refractivity contribution >= 4 is 54.3 Å². The lowest BCUT2D eigenvalue weighted by atomic mass is 10.2. The molecule has 0 bridgehead atoms. The highest BCUT2D eigenvalue weighted by Crippen LogP contribution is 2.39. The topological polar surface area (TPSA) is 31.9 Å². The molecule has 1 N–H and O–H groups in total. The summed E-state index contributed by atoms with van der Waals surface area (Å²) in [5, 5.41) is 1.07. The Morgan fingerprint density at radius 3 is 2.58 bits per heavy atom. The quantitative estimate of drug-likeness (QED) is 0.688. The van der Waals surface area contributed by atoms with E-state index in [-0.39, 0.29) is 0 Å². The average Bonchev–Trinajstić information content (AvgIpc) is 2.81. The van der Waals surface area contributed by atoms with E-state index in [1.807, 2.05) is 37.6 Å². The molecule has 0 aliphatic carbocycles. The molecule has 5 heteroatoms. The van der Waals surface area contributed by atoms with Crippen LogP contribution in [0.15, 0.2) is 51.7 Å². The number of hydrogen-bond donors (Lipinski definition) is 1. The van der Waals surface area contributed by atoms with Crippen molar-refractivity contribution in [2.45, 2.75) is 0 Å². The Labute approximate surface area is 127 Å². The van der Waals surface area contributed by atoms with E-state index < -0.39 is 0 Å². The molecule has 0 aliphatic heterocycles. The zero-order valence-electron chi connectivity index (χ0n) is 10.2. The Balaban J connectivity index is 2.24. The maximum absolute atomic E-state index is 4.38. The van der Waals surface area contributed by atoms with Crippen LogP contribution in [0, 0.1) is 0 Å². The number of nitrogens with one attached hydrogen (secondary N) is 1. The number of benzene rings is 1. The molecule has 0 fully saturated rings. The zero-order chi connectivity index (χ0) is 13.4. The van der Waals surface area contributed by atoms with Crippen LogP contribution in [-0.2, 0) is 0 Å². The predicted molar refractivity (Wildman–Crippen MR) is 86.0 cm³/mol. The number of para-hydroxylation sites is 1. The lowest BCUT2D eigenvalue weighted by Gasteiger charge is -2.21. The van der Waals surface area contributed by atoms with Crippen LogP contribution in [0.5, 0.6) is 0 Å². The maximum atomic E-state index is 4.38. The summed E-state index contributed by atoms with van der Waals surface area (Å²) < 4.78 is 1.97. The van der Waals surface area contributed by atoms with Crippen molar-refractivity contribution in [2.24, 2.45) is 0 Å². The van der Waals surface area contributed by atoms with Gasteiger partial charge in [0, 0.05) is 29.6 Å². The van der Waals surface area contributed by atoms with Crippen molar-refractivity contribution in [1.82, 2.24) is 9.97 Å². The maximum Gasteiger partial charge on any atom is 0.140 e. The number of nitrogens with zero attached hydrogens (tertiary/aromatic N) is 2. The number of aromatic amines is 1. The standard InChI is InChI=1S/C14H11Br2N3/c1-19(9-5-3-2-4-6-9)13-11(16)8-18-14-12(13)10(15)7-17-14/h2-8H,1H3,(H,17,18). The van der Waals surface area contributed by atoms with Crippen molar-refractivity contribution in [3.05, 3.63) is 51.7 Å². The summed E-state index contributed by atoms with van der Waals surface area (Å²) in [6.45, 7) is 0. The Morgan fingerprint density at radius 1 is 1.11 bits per heavy atom. The van der Waals surface area contributed by atoms with Gasteiger partial charge in [0.1, 0.15) is 5.65 Å². The number of hydrogen-bond acceptors (Lipinski definition) is 2. The van der Waals surface area contributed by atoms with E-state index in [1.165, 1.54) is 0 Å². The normalized spacial score (nSPS) is 10.9. The summed E-state index contributed by atoms with van der Waals surface area (Å²) in [7, 11) is 2.05. The second-order valence-electron chi connectivity index (χ2n) is 4.21. The molecule has 0 spiro atoms. The van der Waals surface area contributed by atoms with E-state index in [0.29, 0.717) is 0 Å². The van der Waals surface area contributed by atoms with Gasteiger partial charge in [-0.2, -0.15) is 0 Å². The van der Waals surface area contributed by atoms with Crippen LogP contribution in [-0.4, -0.2) is 17.0 Å². The molecule has 0 unspecified atom stereocenters. The van der Waals surface area contributed by atoms with E-state index >= 15 is 0 Å². The minimum Gasteiger partial charge on any atom is -0.345 e. The molecular weight excluding hydrogens is 370 g/mol. The first kappa shape index (κ1) is 12.7. The number of fused-ring (bicyclic) bond motifs is 1. The number of aromatic nitrogens is 2. The number of anilines is 2. The van der Waals surface area contributed by atoms with Gasteiger partial charge < -0.3 is 9.88 Å². The molecule has 0 saturated carbocycles. The highest BCUT2D eigenvalue weighted by atomic mass is 79.9. The van der Waals surface area contributed by atoms with E-state index in [0.717, 1.165) is 31.4 Å². The molecule has 96 valence electrons. The summed E-state index contributed by atoms with van der Waals surface area (Å²) in [5.74, 6) is 0. The summed E-state index contributed by atoms with van der Waals surface area (Å²) in [6, 6.07) is 10.2. The fraction of sp³-hybridized carbons (Fsp3) is 0.0714. The van der Waals surface area contributed by atoms with Gasteiger partial charge in [-0.15, -0.1) is 0 Å². The molecular formula is C14H11Br2N3. The summed E-state index contributed by atoms with van der Waals surface area (Å²) in [6.07, 6.45) is 3.73. The lowest BCUT2D eigenvalue weighted by Crippen LogP contribution is -2.10. The molecule has 0 radical (unpaired) electrons. The average molecular weight is 381 g/mol. The van der Waals surface area contributed by atoms with Crippen LogP contribution >= 0.6 is 31.9 Å². The van der Waals surface area contributed by atoms with Gasteiger partial charge in [0.2, 0.25) is 0 Å². The third kappa shape index (κ3) is 2.17. The number of H-pyrrole nitrogens is 1. The minimum absolute atomic E-state index is 0.868. The van der Waals surface area contributed by atoms with Gasteiger partial charge in [0.15, 0.2) is 0 Å². The first-order valence-electron chi connectivity index (χ1n) is 5.78. The SMILES string of the molecule is CN(c1ccccc1)c1c(Br)cnc2[nH]cc(Br)c12. The fourth-order valence-corrected chi connectivity index (χ4v) is 3.18. The number of halogens is 2. The lowest BCUT2D eigenvalue weighted by molar-refractivity contribution is 1.20. The first-order valence-corrected chi connectivity index (χ1v) is 7.37. The molecule has 0 aliphatic rings. The van der Waals surface area contributed by atoms with Gasteiger partial charge in [-0.05, 0) is 44.0 Å². The molecule has 0 amide bonds. The molecule has 3 nitrogen and oxygen atoms in total. The zero-order valence-corrected chi connectivity index (χ0v) is 13.4. The van der Waals surface area contributed by atoms with Gasteiger partial charge >= 0.3 is 0 Å². The van der Waals surface area contributed by atoms with Crippen LogP contribution in [0.25, 0.3) is 11.0 Å². The summed E-state index contributed by atoms with van der Waals surface area (Å²) in [5.41, 5.74) is 3.08. The van der Waals surface area contributed by atoms with Crippen LogP contribution in [0.4, 0.5) is 11.4 Å². The third-order valence-corrected chi connectivity index (χ3v) is 4.27.